The van der Waals surface area contributed by atoms with Crippen LogP contribution < -0.4 is 9.47 Å². The summed E-state index contributed by atoms with van der Waals surface area (Å²) in [6.45, 7) is 0. The molecule has 1 atom stereocenters. The summed E-state index contributed by atoms with van der Waals surface area (Å²) in [5.41, 5.74) is -17.5. The molecule has 1 unspecified atom stereocenters. The summed E-state index contributed by atoms with van der Waals surface area (Å²) >= 11 is 0. The molecular formula is C35H14F6O16. The van der Waals surface area contributed by atoms with E-state index in [1.54, 1.807) is 0 Å². The Hall–Kier alpha value is -7.78. The molecule has 2 heterocycles. The van der Waals surface area contributed by atoms with Crippen molar-refractivity contribution in [2.45, 2.75) is 11.3 Å². The summed E-state index contributed by atoms with van der Waals surface area (Å²) in [5, 5.41) is 40.1. The van der Waals surface area contributed by atoms with Crippen LogP contribution in [-0.4, -0.2) is 74.1 Å². The first-order valence-electron chi connectivity index (χ1n) is 15.1. The van der Waals surface area contributed by atoms with Gasteiger partial charge in [0.2, 0.25) is 17.4 Å². The molecule has 16 nitrogen and oxygen atoms in total. The zero-order chi connectivity index (χ0) is 42.1. The van der Waals surface area contributed by atoms with Gasteiger partial charge in [0.25, 0.3) is 5.41 Å². The normalized spacial score (nSPS) is 14.6. The summed E-state index contributed by atoms with van der Waals surface area (Å²) in [7, 11) is 0. The maximum atomic E-state index is 16.5. The number of benzene rings is 4. The lowest BCUT2D eigenvalue weighted by Crippen LogP contribution is -2.70. The Kier molecular flexibility index (Phi) is 9.02. The lowest BCUT2D eigenvalue weighted by atomic mass is 9.52. The molecule has 0 saturated heterocycles. The third-order valence-corrected chi connectivity index (χ3v) is 8.84. The highest BCUT2D eigenvalue weighted by Gasteiger charge is 2.82. The van der Waals surface area contributed by atoms with Crippen molar-refractivity contribution in [1.82, 2.24) is 0 Å². The number of cyclic esters (lactones) is 4. The van der Waals surface area contributed by atoms with E-state index in [2.05, 4.69) is 9.47 Å². The number of hydrogen-bond donors (Lipinski definition) is 4. The van der Waals surface area contributed by atoms with Crippen LogP contribution in [0.15, 0.2) is 60.7 Å². The number of esters is 4. The van der Waals surface area contributed by atoms with E-state index in [1.807, 2.05) is 0 Å². The van der Waals surface area contributed by atoms with E-state index < -0.39 is 127 Å². The summed E-state index contributed by atoms with van der Waals surface area (Å²) < 4.78 is 117. The smallest absolute Gasteiger partial charge is 0.376 e. The number of fused-ring (bicyclic) bond motifs is 2. The minimum atomic E-state index is -6.37. The number of hydrogen-bond acceptors (Lipinski definition) is 12. The highest BCUT2D eigenvalue weighted by Crippen LogP contribution is 2.60. The fraction of sp³-hybridized carbons (Fsp3) is 0.0857. The number of rotatable bonds is 12. The minimum Gasteiger partial charge on any atom is -0.480 e. The molecule has 0 radical (unpaired) electrons. The molecular weight excluding hydrogens is 790 g/mol. The standard InChI is InChI=1S/C35H14F6O16/c36-20-19(21(37)23(39)24(22(20)38)55-14-6-8-16-18(10-14)28(45)57-26(16)43)34(35(40,41)32(52)53,33(29(46)47,30(48)49)31(50)51)11-1-3-12(4-2-11)54-13-5-7-15-17(9-13)27(44)56-25(15)42/h1-10H,(H,46,47)(H,48,49)(H,50,51)(H,52,53). The Morgan fingerprint density at radius 2 is 0.895 bits per heavy atom. The topological polar surface area (TPSA) is 254 Å². The lowest BCUT2D eigenvalue weighted by molar-refractivity contribution is -0.204. The maximum absolute atomic E-state index is 16.5. The number of alkyl halides is 2. The van der Waals surface area contributed by atoms with Gasteiger partial charge < -0.3 is 39.4 Å². The molecule has 4 aromatic carbocycles. The number of carboxylic acid groups (broad SMARTS) is 4. The van der Waals surface area contributed by atoms with Crippen molar-refractivity contribution in [3.8, 4) is 23.0 Å². The van der Waals surface area contributed by atoms with Gasteiger partial charge in [-0.25, -0.2) is 32.8 Å². The molecule has 57 heavy (non-hydrogen) atoms. The highest BCUT2D eigenvalue weighted by molar-refractivity contribution is 6.20. The van der Waals surface area contributed by atoms with Gasteiger partial charge in [-0.05, 0) is 54.1 Å². The van der Waals surface area contributed by atoms with Gasteiger partial charge in [-0.2, -0.15) is 17.6 Å². The zero-order valence-electron chi connectivity index (χ0n) is 27.2. The van der Waals surface area contributed by atoms with Gasteiger partial charge in [-0.1, -0.05) is 12.1 Å². The largest absolute Gasteiger partial charge is 0.480 e. The van der Waals surface area contributed by atoms with Crippen molar-refractivity contribution >= 4 is 47.8 Å². The quantitative estimate of drug-likeness (QED) is 0.0655. The second-order valence-electron chi connectivity index (χ2n) is 11.8. The van der Waals surface area contributed by atoms with Gasteiger partial charge in [0, 0.05) is 5.56 Å². The van der Waals surface area contributed by atoms with Crippen molar-refractivity contribution in [1.29, 1.82) is 0 Å². The Balaban J connectivity index is 1.63. The predicted molar refractivity (Wildman–Crippen MR) is 164 cm³/mol. The molecule has 0 amide bonds. The Bertz CT molecular complexity index is 2490. The summed E-state index contributed by atoms with van der Waals surface area (Å²) in [4.78, 5) is 98.0. The Labute approximate surface area is 309 Å². The van der Waals surface area contributed by atoms with Crippen LogP contribution in [-0.2, 0) is 34.1 Å². The summed E-state index contributed by atoms with van der Waals surface area (Å²) in [6, 6.07) is 6.27. The first-order valence-corrected chi connectivity index (χ1v) is 15.1. The van der Waals surface area contributed by atoms with E-state index in [0.29, 0.717) is 24.3 Å². The van der Waals surface area contributed by atoms with Gasteiger partial charge in [0.05, 0.1) is 22.3 Å². The van der Waals surface area contributed by atoms with Gasteiger partial charge in [0.15, 0.2) is 11.6 Å². The van der Waals surface area contributed by atoms with Crippen LogP contribution in [0.3, 0.4) is 0 Å². The van der Waals surface area contributed by atoms with Gasteiger partial charge in [0.1, 0.15) is 22.7 Å². The molecule has 0 spiro atoms. The molecule has 6 rings (SSSR count). The van der Waals surface area contributed by atoms with Crippen LogP contribution in [0.5, 0.6) is 23.0 Å². The molecule has 0 saturated carbocycles. The van der Waals surface area contributed by atoms with E-state index in [9.17, 15) is 58.8 Å². The fourth-order valence-electron chi connectivity index (χ4n) is 6.35. The number of carbonyl (C=O) groups excluding carboxylic acids is 4. The molecule has 2 aliphatic heterocycles. The van der Waals surface area contributed by atoms with Crippen molar-refractivity contribution in [2.75, 3.05) is 0 Å². The van der Waals surface area contributed by atoms with E-state index >= 15 is 26.3 Å². The second-order valence-corrected chi connectivity index (χ2v) is 11.8. The van der Waals surface area contributed by atoms with Gasteiger partial charge >= 0.3 is 53.7 Å². The molecule has 4 aromatic rings. The van der Waals surface area contributed by atoms with Crippen LogP contribution in [0, 0.1) is 28.7 Å². The van der Waals surface area contributed by atoms with Crippen LogP contribution in [0.25, 0.3) is 0 Å². The molecule has 22 heteroatoms. The number of ether oxygens (including phenoxy) is 4. The van der Waals surface area contributed by atoms with Crippen LogP contribution in [0.4, 0.5) is 26.3 Å². The molecule has 0 bridgehead atoms. The lowest BCUT2D eigenvalue weighted by Gasteiger charge is -2.46. The fourth-order valence-corrected chi connectivity index (χ4v) is 6.35. The maximum Gasteiger partial charge on any atom is 0.376 e. The molecule has 4 N–H and O–H groups in total. The van der Waals surface area contributed by atoms with Crippen LogP contribution in [0.2, 0.25) is 0 Å². The second kappa shape index (κ2) is 13.2. The predicted octanol–water partition coefficient (Wildman–Crippen LogP) is 4.70. The van der Waals surface area contributed by atoms with Crippen molar-refractivity contribution in [3.63, 3.8) is 0 Å². The van der Waals surface area contributed by atoms with E-state index in [1.165, 1.54) is 0 Å². The van der Waals surface area contributed by atoms with E-state index in [0.717, 1.165) is 24.3 Å². The zero-order valence-corrected chi connectivity index (χ0v) is 27.2. The minimum absolute atomic E-state index is 0.102. The third kappa shape index (κ3) is 5.39. The Morgan fingerprint density at radius 3 is 1.30 bits per heavy atom. The van der Waals surface area contributed by atoms with Crippen LogP contribution in [0.1, 0.15) is 52.6 Å². The van der Waals surface area contributed by atoms with E-state index in [4.69, 9.17) is 9.47 Å². The van der Waals surface area contributed by atoms with Crippen molar-refractivity contribution in [2.24, 2.45) is 5.41 Å². The Morgan fingerprint density at radius 1 is 0.509 bits per heavy atom. The average molecular weight is 804 g/mol. The molecule has 292 valence electrons. The number of halogens is 6. The SMILES string of the molecule is O=C1OC(=O)c2cc(Oc3ccc(C(c4c(F)c(F)c(Oc5ccc6c(c5)C(=O)OC6=O)c(F)c4F)(C(F)(F)C(=O)O)C(C(=O)O)(C(=O)O)C(=O)O)cc3)ccc21. The summed E-state index contributed by atoms with van der Waals surface area (Å²) in [5.74, 6) is -41.1. The number of carbonyl (C=O) groups is 8. The molecule has 0 aliphatic carbocycles. The third-order valence-electron chi connectivity index (χ3n) is 8.84. The van der Waals surface area contributed by atoms with Crippen molar-refractivity contribution in [3.05, 3.63) is 117 Å². The van der Waals surface area contributed by atoms with Gasteiger partial charge in [-0.15, -0.1) is 0 Å². The average Bonchev–Trinajstić information content (AvgIpc) is 3.59. The summed E-state index contributed by atoms with van der Waals surface area (Å²) in [6.07, 6.45) is 0. The monoisotopic (exact) mass is 804 g/mol. The molecule has 2 aliphatic rings. The molecule has 0 fully saturated rings. The first kappa shape index (κ1) is 38.9. The first-order chi connectivity index (χ1) is 26.6. The highest BCUT2D eigenvalue weighted by atomic mass is 19.3. The van der Waals surface area contributed by atoms with Crippen LogP contribution >= 0.6 is 0 Å². The van der Waals surface area contributed by atoms with Gasteiger partial charge in [-0.3, -0.25) is 14.4 Å². The number of aliphatic carboxylic acids is 4. The molecule has 0 aromatic heterocycles. The number of carboxylic acids is 4. The van der Waals surface area contributed by atoms with E-state index in [-0.39, 0.29) is 29.0 Å². The van der Waals surface area contributed by atoms with Crippen molar-refractivity contribution < 1.29 is 104 Å².